The molecule has 2 aliphatic rings. The van der Waals surface area contributed by atoms with E-state index in [2.05, 4.69) is 32.0 Å². The average molecular weight is 284 g/mol. The van der Waals surface area contributed by atoms with Crippen LogP contribution in [0.5, 0.6) is 0 Å². The number of hydrogen-bond acceptors (Lipinski definition) is 0. The first kappa shape index (κ1) is 15.1. The summed E-state index contributed by atoms with van der Waals surface area (Å²) in [6, 6.07) is 7.47. The van der Waals surface area contributed by atoms with Crippen LogP contribution in [-0.2, 0) is 12.8 Å². The van der Waals surface area contributed by atoms with Crippen molar-refractivity contribution >= 4 is 0 Å². The van der Waals surface area contributed by atoms with Crippen LogP contribution in [0.15, 0.2) is 18.2 Å². The van der Waals surface area contributed by atoms with Crippen molar-refractivity contribution in [3.05, 3.63) is 34.9 Å². The fourth-order valence-electron chi connectivity index (χ4n) is 4.49. The topological polar surface area (TPSA) is 0 Å². The van der Waals surface area contributed by atoms with Crippen LogP contribution in [0.1, 0.15) is 87.8 Å². The second kappa shape index (κ2) is 6.99. The molecular formula is C21H32. The second-order valence-corrected chi connectivity index (χ2v) is 7.74. The van der Waals surface area contributed by atoms with Crippen molar-refractivity contribution < 1.29 is 0 Å². The lowest BCUT2D eigenvalue weighted by Crippen LogP contribution is -2.15. The first-order valence-corrected chi connectivity index (χ1v) is 9.38. The summed E-state index contributed by atoms with van der Waals surface area (Å²) in [4.78, 5) is 0. The molecule has 0 aromatic heterocycles. The van der Waals surface area contributed by atoms with Crippen molar-refractivity contribution in [2.24, 2.45) is 11.8 Å². The number of unbranched alkanes of at least 4 members (excludes halogenated alkanes) is 1. The second-order valence-electron chi connectivity index (χ2n) is 7.74. The van der Waals surface area contributed by atoms with E-state index in [1.165, 1.54) is 64.2 Å². The SMILES string of the molecule is CCCCC1CCC(c2ccc3c(c2)CCC(C)C3)CC1. The van der Waals surface area contributed by atoms with Crippen LogP contribution in [0.25, 0.3) is 0 Å². The molecule has 1 atom stereocenters. The Kier molecular flexibility index (Phi) is 5.03. The van der Waals surface area contributed by atoms with Crippen LogP contribution >= 0.6 is 0 Å². The predicted octanol–water partition coefficient (Wildman–Crippen LogP) is 6.28. The quantitative estimate of drug-likeness (QED) is 0.610. The molecule has 0 amide bonds. The minimum Gasteiger partial charge on any atom is -0.0654 e. The summed E-state index contributed by atoms with van der Waals surface area (Å²) in [6.45, 7) is 4.72. The molecule has 0 N–H and O–H groups in total. The monoisotopic (exact) mass is 284 g/mol. The Labute approximate surface area is 131 Å². The van der Waals surface area contributed by atoms with Gasteiger partial charge in [-0.1, -0.05) is 51.3 Å². The minimum absolute atomic E-state index is 0.854. The fraction of sp³-hybridized carbons (Fsp3) is 0.714. The lowest BCUT2D eigenvalue weighted by atomic mass is 9.75. The van der Waals surface area contributed by atoms with E-state index in [0.717, 1.165) is 17.8 Å². The number of benzene rings is 1. The van der Waals surface area contributed by atoms with E-state index < -0.39 is 0 Å². The summed E-state index contributed by atoms with van der Waals surface area (Å²) in [5.41, 5.74) is 4.95. The highest BCUT2D eigenvalue weighted by Gasteiger charge is 2.23. The number of rotatable bonds is 4. The molecule has 0 heterocycles. The van der Waals surface area contributed by atoms with E-state index in [0.29, 0.717) is 0 Å². The van der Waals surface area contributed by atoms with Crippen molar-refractivity contribution in [2.45, 2.75) is 84.0 Å². The van der Waals surface area contributed by atoms with Gasteiger partial charge in [0.25, 0.3) is 0 Å². The van der Waals surface area contributed by atoms with Crippen LogP contribution in [0, 0.1) is 11.8 Å². The first-order valence-electron chi connectivity index (χ1n) is 9.38. The van der Waals surface area contributed by atoms with E-state index in [9.17, 15) is 0 Å². The highest BCUT2D eigenvalue weighted by Crippen LogP contribution is 2.39. The molecule has 1 aromatic carbocycles. The van der Waals surface area contributed by atoms with Gasteiger partial charge in [0.05, 0.1) is 0 Å². The van der Waals surface area contributed by atoms with Gasteiger partial charge in [0.2, 0.25) is 0 Å². The highest BCUT2D eigenvalue weighted by molar-refractivity contribution is 5.36. The zero-order valence-electron chi connectivity index (χ0n) is 14.0. The van der Waals surface area contributed by atoms with Gasteiger partial charge in [-0.05, 0) is 79.4 Å². The Morgan fingerprint density at radius 1 is 1.00 bits per heavy atom. The Balaban J connectivity index is 1.61. The van der Waals surface area contributed by atoms with Gasteiger partial charge in [0.1, 0.15) is 0 Å². The van der Waals surface area contributed by atoms with Crippen molar-refractivity contribution in [3.63, 3.8) is 0 Å². The van der Waals surface area contributed by atoms with Crippen LogP contribution in [0.3, 0.4) is 0 Å². The first-order chi connectivity index (χ1) is 10.3. The molecule has 21 heavy (non-hydrogen) atoms. The molecule has 116 valence electrons. The molecule has 0 bridgehead atoms. The summed E-state index contributed by atoms with van der Waals surface area (Å²) >= 11 is 0. The summed E-state index contributed by atoms with van der Waals surface area (Å²) in [7, 11) is 0. The molecule has 0 saturated heterocycles. The normalized spacial score (nSPS) is 29.1. The third-order valence-corrected chi connectivity index (χ3v) is 5.99. The van der Waals surface area contributed by atoms with Crippen molar-refractivity contribution in [1.82, 2.24) is 0 Å². The van der Waals surface area contributed by atoms with Gasteiger partial charge in [-0.15, -0.1) is 0 Å². The molecule has 1 saturated carbocycles. The lowest BCUT2D eigenvalue weighted by molar-refractivity contribution is 0.304. The maximum Gasteiger partial charge on any atom is -0.0162 e. The molecule has 2 aliphatic carbocycles. The standard InChI is InChI=1S/C21H32/c1-3-4-5-17-7-10-18(11-8-17)20-13-12-19-14-16(2)6-9-21(19)15-20/h12-13,15-18H,3-11,14H2,1-2H3. The third-order valence-electron chi connectivity index (χ3n) is 5.99. The summed E-state index contributed by atoms with van der Waals surface area (Å²) in [6.07, 6.45) is 14.1. The molecule has 0 aliphatic heterocycles. The largest absolute Gasteiger partial charge is 0.0654 e. The molecule has 0 heteroatoms. The highest BCUT2D eigenvalue weighted by atomic mass is 14.3. The average Bonchev–Trinajstić information content (AvgIpc) is 2.53. The molecule has 0 nitrogen and oxygen atoms in total. The Morgan fingerprint density at radius 3 is 2.57 bits per heavy atom. The Morgan fingerprint density at radius 2 is 1.81 bits per heavy atom. The van der Waals surface area contributed by atoms with E-state index in [1.807, 2.05) is 0 Å². The lowest BCUT2D eigenvalue weighted by Gasteiger charge is -2.30. The third kappa shape index (κ3) is 3.71. The maximum absolute atomic E-state index is 2.57. The summed E-state index contributed by atoms with van der Waals surface area (Å²) < 4.78 is 0. The van der Waals surface area contributed by atoms with Gasteiger partial charge in [-0.3, -0.25) is 0 Å². The van der Waals surface area contributed by atoms with E-state index in [1.54, 1.807) is 16.7 Å². The molecular weight excluding hydrogens is 252 g/mol. The van der Waals surface area contributed by atoms with E-state index >= 15 is 0 Å². The zero-order valence-corrected chi connectivity index (χ0v) is 14.0. The molecule has 1 fully saturated rings. The van der Waals surface area contributed by atoms with Gasteiger partial charge in [-0.25, -0.2) is 0 Å². The van der Waals surface area contributed by atoms with Gasteiger partial charge >= 0.3 is 0 Å². The van der Waals surface area contributed by atoms with Crippen LogP contribution in [0.4, 0.5) is 0 Å². The van der Waals surface area contributed by atoms with Gasteiger partial charge in [0, 0.05) is 0 Å². The van der Waals surface area contributed by atoms with Crippen LogP contribution in [-0.4, -0.2) is 0 Å². The van der Waals surface area contributed by atoms with Crippen molar-refractivity contribution in [1.29, 1.82) is 0 Å². The van der Waals surface area contributed by atoms with Gasteiger partial charge in [0.15, 0.2) is 0 Å². The number of hydrogen-bond donors (Lipinski definition) is 0. The van der Waals surface area contributed by atoms with Crippen LogP contribution < -0.4 is 0 Å². The molecule has 0 spiro atoms. The smallest absolute Gasteiger partial charge is 0.0162 e. The van der Waals surface area contributed by atoms with Crippen molar-refractivity contribution in [3.8, 4) is 0 Å². The molecule has 1 unspecified atom stereocenters. The molecule has 0 radical (unpaired) electrons. The fourth-order valence-corrected chi connectivity index (χ4v) is 4.49. The Bertz CT molecular complexity index is 451. The zero-order chi connectivity index (χ0) is 14.7. The summed E-state index contributed by atoms with van der Waals surface area (Å²) in [5.74, 6) is 2.77. The van der Waals surface area contributed by atoms with Crippen LogP contribution in [0.2, 0.25) is 0 Å². The minimum atomic E-state index is 0.854. The predicted molar refractivity (Wildman–Crippen MR) is 91.9 cm³/mol. The maximum atomic E-state index is 2.57. The number of aryl methyl sites for hydroxylation is 1. The molecule has 1 aromatic rings. The Hall–Kier alpha value is -0.780. The van der Waals surface area contributed by atoms with Gasteiger partial charge < -0.3 is 0 Å². The number of fused-ring (bicyclic) bond motifs is 1. The van der Waals surface area contributed by atoms with E-state index in [4.69, 9.17) is 0 Å². The summed E-state index contributed by atoms with van der Waals surface area (Å²) in [5, 5.41) is 0. The van der Waals surface area contributed by atoms with E-state index in [-0.39, 0.29) is 0 Å². The van der Waals surface area contributed by atoms with Gasteiger partial charge in [-0.2, -0.15) is 0 Å². The molecule has 3 rings (SSSR count). The van der Waals surface area contributed by atoms with Crippen molar-refractivity contribution in [2.75, 3.05) is 0 Å².